The van der Waals surface area contributed by atoms with Gasteiger partial charge in [0.15, 0.2) is 11.6 Å². The normalized spacial score (nSPS) is 16.7. The van der Waals surface area contributed by atoms with E-state index in [2.05, 4.69) is 19.7 Å². The summed E-state index contributed by atoms with van der Waals surface area (Å²) in [5.41, 5.74) is 0.514. The minimum absolute atomic E-state index is 0.159. The second-order valence-electron chi connectivity index (χ2n) is 8.10. The minimum Gasteiger partial charge on any atom is -0.475 e. The predicted molar refractivity (Wildman–Crippen MR) is 114 cm³/mol. The molecule has 1 N–H and O–H groups in total. The van der Waals surface area contributed by atoms with Crippen molar-refractivity contribution in [2.75, 3.05) is 26.7 Å². The summed E-state index contributed by atoms with van der Waals surface area (Å²) in [5.74, 6) is -1.12. The lowest BCUT2D eigenvalue weighted by Gasteiger charge is -2.48. The summed E-state index contributed by atoms with van der Waals surface area (Å²) in [4.78, 5) is 41.1. The summed E-state index contributed by atoms with van der Waals surface area (Å²) in [5, 5.41) is 15.9. The molecule has 11 nitrogen and oxygen atoms in total. The van der Waals surface area contributed by atoms with Gasteiger partial charge in [0, 0.05) is 44.0 Å². The molecule has 190 valence electrons. The molecule has 4 rings (SSSR count). The number of aromatic nitrogens is 4. The number of carbonyl (C=O) groups is 3. The van der Waals surface area contributed by atoms with Crippen molar-refractivity contribution in [1.82, 2.24) is 29.5 Å². The molecule has 2 aromatic rings. The molecule has 0 unspecified atom stereocenters. The minimum atomic E-state index is -5.08. The van der Waals surface area contributed by atoms with Gasteiger partial charge in [0.1, 0.15) is 0 Å². The van der Waals surface area contributed by atoms with Crippen LogP contribution in [0.25, 0.3) is 11.4 Å². The molecule has 1 spiro atoms. The number of rotatable bonds is 2. The lowest BCUT2D eigenvalue weighted by Crippen LogP contribution is -2.57. The smallest absolute Gasteiger partial charge is 0.475 e. The summed E-state index contributed by atoms with van der Waals surface area (Å²) >= 11 is 0. The summed E-state index contributed by atoms with van der Waals surface area (Å²) < 4.78 is 38.9. The molecule has 2 amide bonds. The van der Waals surface area contributed by atoms with E-state index in [-0.39, 0.29) is 17.5 Å². The number of amides is 2. The molecule has 14 heteroatoms. The predicted octanol–water partition coefficient (Wildman–Crippen LogP) is 2.28. The SMILES string of the molecule is CCC(=O)N1CCC2(CC1)CN(C(=O)OC)Cc1nnc(-c3cccnc3)n12.O=C(O)C(F)(F)F. The number of pyridine rings is 1. The molecule has 2 aliphatic rings. The first kappa shape index (κ1) is 25.9. The van der Waals surface area contributed by atoms with Crippen molar-refractivity contribution in [2.45, 2.75) is 44.4 Å². The molecular formula is C21H25F3N6O5. The van der Waals surface area contributed by atoms with Crippen molar-refractivity contribution in [3.05, 3.63) is 30.4 Å². The number of hydrogen-bond acceptors (Lipinski definition) is 7. The van der Waals surface area contributed by atoms with E-state index < -0.39 is 12.1 Å². The third-order valence-corrected chi connectivity index (χ3v) is 5.97. The third-order valence-electron chi connectivity index (χ3n) is 5.97. The van der Waals surface area contributed by atoms with Crippen LogP contribution >= 0.6 is 0 Å². The van der Waals surface area contributed by atoms with Gasteiger partial charge in [0.2, 0.25) is 5.91 Å². The highest BCUT2D eigenvalue weighted by Gasteiger charge is 2.46. The summed E-state index contributed by atoms with van der Waals surface area (Å²) in [6.07, 6.45) is -0.00739. The molecule has 2 aliphatic heterocycles. The molecule has 1 saturated heterocycles. The highest BCUT2D eigenvalue weighted by atomic mass is 19.4. The average molecular weight is 498 g/mol. The van der Waals surface area contributed by atoms with Gasteiger partial charge in [-0.2, -0.15) is 13.2 Å². The first-order valence-electron chi connectivity index (χ1n) is 10.8. The Morgan fingerprint density at radius 2 is 1.83 bits per heavy atom. The van der Waals surface area contributed by atoms with Crippen molar-refractivity contribution in [2.24, 2.45) is 0 Å². The van der Waals surface area contributed by atoms with Crippen LogP contribution in [0.1, 0.15) is 32.0 Å². The van der Waals surface area contributed by atoms with Crippen molar-refractivity contribution in [3.8, 4) is 11.4 Å². The molecule has 0 aliphatic carbocycles. The maximum absolute atomic E-state index is 12.3. The monoisotopic (exact) mass is 498 g/mol. The third kappa shape index (κ3) is 5.52. The number of ether oxygens (including phenoxy) is 1. The fourth-order valence-electron chi connectivity index (χ4n) is 4.29. The maximum atomic E-state index is 12.3. The van der Waals surface area contributed by atoms with Gasteiger partial charge in [0.05, 0.1) is 19.2 Å². The van der Waals surface area contributed by atoms with E-state index in [1.165, 1.54) is 7.11 Å². The van der Waals surface area contributed by atoms with Gasteiger partial charge in [-0.25, -0.2) is 9.59 Å². The Balaban J connectivity index is 0.000000429. The van der Waals surface area contributed by atoms with E-state index in [1.54, 1.807) is 17.3 Å². The van der Waals surface area contributed by atoms with Gasteiger partial charge >= 0.3 is 18.2 Å². The number of halogens is 3. The lowest BCUT2D eigenvalue weighted by molar-refractivity contribution is -0.192. The van der Waals surface area contributed by atoms with Crippen LogP contribution in [0.3, 0.4) is 0 Å². The molecule has 0 aromatic carbocycles. The molecule has 0 saturated carbocycles. The van der Waals surface area contributed by atoms with E-state index in [9.17, 15) is 22.8 Å². The van der Waals surface area contributed by atoms with Gasteiger partial charge in [-0.3, -0.25) is 14.7 Å². The van der Waals surface area contributed by atoms with Crippen LogP contribution in [0.5, 0.6) is 0 Å². The average Bonchev–Trinajstić information content (AvgIpc) is 3.29. The van der Waals surface area contributed by atoms with Gasteiger partial charge in [-0.1, -0.05) is 6.92 Å². The number of nitrogens with zero attached hydrogens (tertiary/aromatic N) is 6. The molecule has 4 heterocycles. The van der Waals surface area contributed by atoms with Crippen LogP contribution < -0.4 is 0 Å². The topological polar surface area (TPSA) is 131 Å². The van der Waals surface area contributed by atoms with Crippen LogP contribution in [0, 0.1) is 0 Å². The van der Waals surface area contributed by atoms with Crippen LogP contribution in [0.2, 0.25) is 0 Å². The second kappa shape index (κ2) is 10.3. The number of methoxy groups -OCH3 is 1. The standard InChI is InChI=1S/C19H24N6O3.C2HF3O2/c1-3-16(26)23-9-6-19(7-10-23)13-24(18(27)28-2)12-15-21-22-17(25(15)19)14-5-4-8-20-11-14;3-2(4,5)1(6)7/h4-5,8,11H,3,6-7,9-10,12-13H2,1-2H3;(H,6,7). The fraction of sp³-hybridized carbons (Fsp3) is 0.524. The van der Waals surface area contributed by atoms with E-state index in [1.807, 2.05) is 24.0 Å². The Labute approximate surface area is 198 Å². The fourth-order valence-corrected chi connectivity index (χ4v) is 4.29. The molecule has 35 heavy (non-hydrogen) atoms. The summed E-state index contributed by atoms with van der Waals surface area (Å²) in [6, 6.07) is 3.83. The number of likely N-dealkylation sites (tertiary alicyclic amines) is 1. The Kier molecular flexibility index (Phi) is 7.60. The zero-order chi connectivity index (χ0) is 25.8. The summed E-state index contributed by atoms with van der Waals surface area (Å²) in [6.45, 7) is 4.02. The number of piperidine rings is 1. The molecule has 1 fully saturated rings. The van der Waals surface area contributed by atoms with E-state index >= 15 is 0 Å². The highest BCUT2D eigenvalue weighted by Crippen LogP contribution is 2.39. The number of hydrogen-bond donors (Lipinski definition) is 1. The van der Waals surface area contributed by atoms with Crippen LogP contribution in [0.15, 0.2) is 24.5 Å². The second-order valence-corrected chi connectivity index (χ2v) is 8.10. The zero-order valence-electron chi connectivity index (χ0n) is 19.2. The molecule has 0 radical (unpaired) electrons. The quantitative estimate of drug-likeness (QED) is 0.667. The molecular weight excluding hydrogens is 473 g/mol. The number of aliphatic carboxylic acids is 1. The number of fused-ring (bicyclic) bond motifs is 2. The van der Waals surface area contributed by atoms with Crippen LogP contribution in [-0.4, -0.2) is 85.5 Å². The maximum Gasteiger partial charge on any atom is 0.490 e. The number of alkyl halides is 3. The largest absolute Gasteiger partial charge is 0.490 e. The van der Waals surface area contributed by atoms with Crippen molar-refractivity contribution in [1.29, 1.82) is 0 Å². The first-order valence-corrected chi connectivity index (χ1v) is 10.8. The number of carbonyl (C=O) groups excluding carboxylic acids is 2. The lowest BCUT2D eigenvalue weighted by atomic mass is 9.84. The van der Waals surface area contributed by atoms with Gasteiger partial charge in [-0.15, -0.1) is 10.2 Å². The van der Waals surface area contributed by atoms with E-state index in [0.29, 0.717) is 32.6 Å². The Bertz CT molecular complexity index is 1070. The molecule has 0 bridgehead atoms. The summed E-state index contributed by atoms with van der Waals surface area (Å²) in [7, 11) is 1.39. The molecule has 2 aromatic heterocycles. The Morgan fingerprint density at radius 1 is 1.17 bits per heavy atom. The number of carboxylic acids is 1. The highest BCUT2D eigenvalue weighted by molar-refractivity contribution is 5.76. The van der Waals surface area contributed by atoms with Crippen molar-refractivity contribution >= 4 is 18.0 Å². The first-order chi connectivity index (χ1) is 16.5. The van der Waals surface area contributed by atoms with E-state index in [0.717, 1.165) is 30.1 Å². The number of carboxylic acid groups (broad SMARTS) is 1. The van der Waals surface area contributed by atoms with Crippen molar-refractivity contribution in [3.63, 3.8) is 0 Å². The van der Waals surface area contributed by atoms with Gasteiger partial charge < -0.3 is 19.3 Å². The van der Waals surface area contributed by atoms with E-state index in [4.69, 9.17) is 14.6 Å². The van der Waals surface area contributed by atoms with Crippen LogP contribution in [-0.2, 0) is 26.4 Å². The van der Waals surface area contributed by atoms with Crippen molar-refractivity contribution < 1.29 is 37.4 Å². The van der Waals surface area contributed by atoms with Gasteiger partial charge in [0.25, 0.3) is 0 Å². The van der Waals surface area contributed by atoms with Gasteiger partial charge in [-0.05, 0) is 25.0 Å². The Hall–Kier alpha value is -3.71. The Morgan fingerprint density at radius 3 is 2.34 bits per heavy atom. The van der Waals surface area contributed by atoms with Crippen LogP contribution in [0.4, 0.5) is 18.0 Å². The zero-order valence-corrected chi connectivity index (χ0v) is 19.2. The molecule has 0 atom stereocenters.